The molecule has 0 bridgehead atoms. The van der Waals surface area contributed by atoms with E-state index in [2.05, 4.69) is 26.6 Å². The van der Waals surface area contributed by atoms with Gasteiger partial charge in [0.05, 0.1) is 18.3 Å². The first-order valence-electron chi connectivity index (χ1n) is 7.03. The number of allylic oxidation sites excluding steroid dienone is 3. The molecule has 2 aromatic rings. The number of benzene rings is 1. The minimum absolute atomic E-state index is 0.0260. The van der Waals surface area contributed by atoms with Gasteiger partial charge in [-0.2, -0.15) is 5.10 Å². The molecule has 0 saturated heterocycles. The first-order valence-corrected chi connectivity index (χ1v) is 7.50. The average molecular weight is 314 g/mol. The lowest BCUT2D eigenvalue weighted by molar-refractivity contribution is 0.572. The lowest BCUT2D eigenvalue weighted by Gasteiger charge is -2.10. The van der Waals surface area contributed by atoms with E-state index in [0.717, 1.165) is 23.2 Å². The molecule has 108 valence electrons. The Hall–Kier alpha value is -2.78. The van der Waals surface area contributed by atoms with E-state index in [0.29, 0.717) is 17.0 Å². The first-order chi connectivity index (χ1) is 11.2. The van der Waals surface area contributed by atoms with Gasteiger partial charge in [0.15, 0.2) is 0 Å². The van der Waals surface area contributed by atoms with Crippen molar-refractivity contribution in [2.24, 2.45) is 0 Å². The summed E-state index contributed by atoms with van der Waals surface area (Å²) in [4.78, 5) is 3.39. The summed E-state index contributed by atoms with van der Waals surface area (Å²) < 4.78 is 7.18. The number of hydrogen-bond acceptors (Lipinski definition) is 3. The molecule has 0 N–H and O–H groups in total. The SMILES string of the molecule is [C-]#[N+]/C(C#N)=C1/C(n2ccc(CC)n2)=C([O][Al])c2ccccc21. The summed E-state index contributed by atoms with van der Waals surface area (Å²) in [5.74, 6) is 0.586. The van der Waals surface area contributed by atoms with E-state index in [1.807, 2.05) is 49.5 Å². The van der Waals surface area contributed by atoms with Gasteiger partial charge in [0.1, 0.15) is 11.5 Å². The molecule has 1 heterocycles. The molecule has 2 radical (unpaired) electrons. The number of rotatable bonds is 3. The molecule has 0 spiro atoms. The number of aryl methyl sites for hydroxylation is 1. The van der Waals surface area contributed by atoms with Crippen molar-refractivity contribution in [1.82, 2.24) is 9.78 Å². The molecule has 0 unspecified atom stereocenters. The van der Waals surface area contributed by atoms with Gasteiger partial charge in [-0.3, -0.25) is 0 Å². The fourth-order valence-corrected chi connectivity index (χ4v) is 2.90. The molecule has 0 saturated carbocycles. The summed E-state index contributed by atoms with van der Waals surface area (Å²) in [6.45, 7) is 9.35. The van der Waals surface area contributed by atoms with Gasteiger partial charge in [-0.05, 0) is 18.1 Å². The van der Waals surface area contributed by atoms with Gasteiger partial charge < -0.3 is 3.79 Å². The molecular weight excluding hydrogens is 303 g/mol. The van der Waals surface area contributed by atoms with Crippen molar-refractivity contribution in [2.75, 3.05) is 0 Å². The maximum absolute atomic E-state index is 9.37. The Balaban J connectivity index is 2.36. The van der Waals surface area contributed by atoms with Crippen LogP contribution < -0.4 is 0 Å². The fraction of sp³-hybridized carbons (Fsp3) is 0.118. The first kappa shape index (κ1) is 15.1. The van der Waals surface area contributed by atoms with Crippen molar-refractivity contribution >= 4 is 33.7 Å². The van der Waals surface area contributed by atoms with E-state index >= 15 is 0 Å². The molecule has 1 aliphatic rings. The molecule has 5 nitrogen and oxygen atoms in total. The van der Waals surface area contributed by atoms with E-state index in [4.69, 9.17) is 10.4 Å². The standard InChI is InChI=1S/C17H12N4O.Al/c1-3-11-8-9-21(20-11)16-15(14(10-18)19-2)12-6-4-5-7-13(12)17(16)22;/h4-9,22H,3H2,1H3;/q;+1/p-1/b15-14+;. The zero-order chi connectivity index (χ0) is 16.4. The molecule has 1 aliphatic carbocycles. The third-order valence-electron chi connectivity index (χ3n) is 3.70. The smallest absolute Gasteiger partial charge is 0.482 e. The molecule has 0 fully saturated rings. The lowest BCUT2D eigenvalue weighted by atomic mass is 10.0. The van der Waals surface area contributed by atoms with Crippen LogP contribution in [0.5, 0.6) is 0 Å². The summed E-state index contributed by atoms with van der Waals surface area (Å²) in [7, 11) is 0. The van der Waals surface area contributed by atoms with Gasteiger partial charge in [0.2, 0.25) is 0 Å². The minimum atomic E-state index is 0.0260. The Kier molecular flexibility index (Phi) is 4.04. The van der Waals surface area contributed by atoms with Crippen LogP contribution in [0.1, 0.15) is 23.7 Å². The van der Waals surface area contributed by atoms with E-state index < -0.39 is 0 Å². The highest BCUT2D eigenvalue weighted by Crippen LogP contribution is 2.45. The molecule has 1 aromatic heterocycles. The van der Waals surface area contributed by atoms with Crippen LogP contribution in [0.4, 0.5) is 0 Å². The maximum Gasteiger partial charge on any atom is 0.482 e. The van der Waals surface area contributed by atoms with Crippen LogP contribution >= 0.6 is 0 Å². The van der Waals surface area contributed by atoms with Gasteiger partial charge in [-0.15, -0.1) is 0 Å². The Morgan fingerprint density at radius 2 is 2.13 bits per heavy atom. The summed E-state index contributed by atoms with van der Waals surface area (Å²) in [6, 6.07) is 11.5. The summed E-state index contributed by atoms with van der Waals surface area (Å²) in [6.07, 6.45) is 2.62. The third kappa shape index (κ3) is 2.35. The minimum Gasteiger partial charge on any atom is -0.652 e. The summed E-state index contributed by atoms with van der Waals surface area (Å²) in [5.41, 5.74) is 3.78. The van der Waals surface area contributed by atoms with Crippen molar-refractivity contribution in [1.29, 1.82) is 5.26 Å². The average Bonchev–Trinajstić information content (AvgIpc) is 3.18. The van der Waals surface area contributed by atoms with Crippen molar-refractivity contribution in [3.8, 4) is 6.07 Å². The molecule has 6 heteroatoms. The second kappa shape index (κ2) is 6.15. The molecule has 0 atom stereocenters. The molecular formula is C17H11AlN4O. The maximum atomic E-state index is 9.37. The number of nitriles is 1. The number of nitrogens with zero attached hydrogens (tertiary/aromatic N) is 4. The summed E-state index contributed by atoms with van der Waals surface area (Å²) >= 11 is 2.24. The second-order valence-corrected chi connectivity index (χ2v) is 5.13. The van der Waals surface area contributed by atoms with Gasteiger partial charge in [0, 0.05) is 17.3 Å². The number of aromatic nitrogens is 2. The Labute approximate surface area is 142 Å². The zero-order valence-corrected chi connectivity index (χ0v) is 13.6. The highest BCUT2D eigenvalue weighted by molar-refractivity contribution is 6.19. The summed E-state index contributed by atoms with van der Waals surface area (Å²) in [5, 5.41) is 13.9. The van der Waals surface area contributed by atoms with Crippen LogP contribution in [0.3, 0.4) is 0 Å². The van der Waals surface area contributed by atoms with E-state index in [9.17, 15) is 5.26 Å². The van der Waals surface area contributed by atoms with Crippen LogP contribution in [0.15, 0.2) is 42.2 Å². The topological polar surface area (TPSA) is 55.2 Å². The number of fused-ring (bicyclic) bond motifs is 1. The van der Waals surface area contributed by atoms with E-state index in [1.54, 1.807) is 4.68 Å². The Morgan fingerprint density at radius 3 is 2.70 bits per heavy atom. The van der Waals surface area contributed by atoms with Crippen LogP contribution in [-0.2, 0) is 10.2 Å². The van der Waals surface area contributed by atoms with Crippen LogP contribution in [0.25, 0.3) is 21.9 Å². The fourth-order valence-electron chi connectivity index (χ4n) is 2.66. The number of hydrogen-bond donors (Lipinski definition) is 0. The van der Waals surface area contributed by atoms with Crippen LogP contribution in [0, 0.1) is 17.9 Å². The van der Waals surface area contributed by atoms with Crippen molar-refractivity contribution < 1.29 is 3.79 Å². The third-order valence-corrected chi connectivity index (χ3v) is 3.94. The monoisotopic (exact) mass is 314 g/mol. The Morgan fingerprint density at radius 1 is 1.39 bits per heavy atom. The van der Waals surface area contributed by atoms with Crippen LogP contribution in [-0.4, -0.2) is 26.4 Å². The van der Waals surface area contributed by atoms with E-state index in [-0.39, 0.29) is 5.70 Å². The van der Waals surface area contributed by atoms with Crippen molar-refractivity contribution in [2.45, 2.75) is 13.3 Å². The lowest BCUT2D eigenvalue weighted by Crippen LogP contribution is -2.02. The predicted molar refractivity (Wildman–Crippen MR) is 87.1 cm³/mol. The highest BCUT2D eigenvalue weighted by atomic mass is 27.1. The Bertz CT molecular complexity index is 909. The normalized spacial score (nSPS) is 14.9. The van der Waals surface area contributed by atoms with Gasteiger partial charge in [-0.1, -0.05) is 31.2 Å². The second-order valence-electron chi connectivity index (χ2n) is 4.89. The van der Waals surface area contributed by atoms with Gasteiger partial charge in [0.25, 0.3) is 5.70 Å². The predicted octanol–water partition coefficient (Wildman–Crippen LogP) is 3.04. The molecule has 3 rings (SSSR count). The zero-order valence-electron chi connectivity index (χ0n) is 12.4. The van der Waals surface area contributed by atoms with Gasteiger partial charge >= 0.3 is 16.6 Å². The molecule has 0 aliphatic heterocycles. The van der Waals surface area contributed by atoms with Crippen molar-refractivity contribution in [3.05, 3.63) is 70.5 Å². The molecule has 0 amide bonds. The molecule has 23 heavy (non-hydrogen) atoms. The van der Waals surface area contributed by atoms with E-state index in [1.165, 1.54) is 0 Å². The molecule has 1 aromatic carbocycles. The van der Waals surface area contributed by atoms with Crippen LogP contribution in [0.2, 0.25) is 0 Å². The van der Waals surface area contributed by atoms with Gasteiger partial charge in [-0.25, -0.2) is 14.8 Å². The largest absolute Gasteiger partial charge is 0.652 e. The van der Waals surface area contributed by atoms with Crippen molar-refractivity contribution in [3.63, 3.8) is 0 Å². The quantitative estimate of drug-likeness (QED) is 0.497. The highest BCUT2D eigenvalue weighted by Gasteiger charge is 2.31.